The molecule has 52 valence electrons. The molecule has 0 unspecified atom stereocenters. The van der Waals surface area contributed by atoms with Gasteiger partial charge in [0.1, 0.15) is 3.72 Å². The Balaban J connectivity index is 2.96. The molecule has 0 aliphatic carbocycles. The lowest BCUT2D eigenvalue weighted by atomic mass is 10.2. The van der Waals surface area contributed by atoms with Gasteiger partial charge >= 0.3 is 0 Å². The summed E-state index contributed by atoms with van der Waals surface area (Å²) in [7, 11) is 1.80. The summed E-state index contributed by atoms with van der Waals surface area (Å²) in [5.41, 5.74) is 1.19. The molecule has 0 N–H and O–H groups in total. The highest BCUT2D eigenvalue weighted by molar-refractivity contribution is 14.1. The Morgan fingerprint density at radius 3 is 2.40 bits per heavy atom. The molecule has 0 atom stereocenters. The van der Waals surface area contributed by atoms with E-state index in [4.69, 9.17) is 0 Å². The first-order chi connectivity index (χ1) is 4.84. The van der Waals surface area contributed by atoms with Crippen LogP contribution in [0.4, 0.5) is 0 Å². The van der Waals surface area contributed by atoms with Crippen molar-refractivity contribution in [3.63, 3.8) is 0 Å². The molecule has 0 spiro atoms. The molecule has 1 aromatic carbocycles. The summed E-state index contributed by atoms with van der Waals surface area (Å²) in [5.74, 6) is 0. The maximum atomic E-state index is 4.06. The normalized spacial score (nSPS) is 11.6. The third-order valence-electron chi connectivity index (χ3n) is 1.21. The maximum Gasteiger partial charge on any atom is 0.102 e. The minimum atomic E-state index is 1.05. The van der Waals surface area contributed by atoms with Gasteiger partial charge in [0.2, 0.25) is 0 Å². The van der Waals surface area contributed by atoms with Crippen molar-refractivity contribution >= 4 is 26.3 Å². The zero-order valence-corrected chi connectivity index (χ0v) is 7.87. The average Bonchev–Trinajstić information content (AvgIpc) is 2.05. The molecular formula is C8H8IN. The number of halogens is 1. The zero-order chi connectivity index (χ0) is 7.40. The Kier molecular flexibility index (Phi) is 2.86. The van der Waals surface area contributed by atoms with Crippen LogP contribution in [0.25, 0.3) is 0 Å². The highest BCUT2D eigenvalue weighted by atomic mass is 127. The fourth-order valence-corrected chi connectivity index (χ4v) is 1.06. The topological polar surface area (TPSA) is 12.4 Å². The van der Waals surface area contributed by atoms with Crippen LogP contribution in [0.1, 0.15) is 5.56 Å². The van der Waals surface area contributed by atoms with E-state index in [9.17, 15) is 0 Å². The van der Waals surface area contributed by atoms with Crippen LogP contribution < -0.4 is 0 Å². The monoisotopic (exact) mass is 245 g/mol. The Hall–Kier alpha value is -0.380. The SMILES string of the molecule is CN=C(I)c1ccccc1. The second-order valence-electron chi connectivity index (χ2n) is 1.88. The highest BCUT2D eigenvalue weighted by Crippen LogP contribution is 2.05. The van der Waals surface area contributed by atoms with Gasteiger partial charge in [-0.05, 0) is 22.6 Å². The molecule has 10 heavy (non-hydrogen) atoms. The van der Waals surface area contributed by atoms with Crippen molar-refractivity contribution in [3.05, 3.63) is 35.9 Å². The van der Waals surface area contributed by atoms with Gasteiger partial charge in [-0.2, -0.15) is 0 Å². The number of nitrogens with zero attached hydrogens (tertiary/aromatic N) is 1. The molecule has 0 bridgehead atoms. The lowest BCUT2D eigenvalue weighted by Gasteiger charge is -1.94. The summed E-state index contributed by atoms with van der Waals surface area (Å²) in [6.45, 7) is 0. The van der Waals surface area contributed by atoms with Gasteiger partial charge in [-0.25, -0.2) is 0 Å². The summed E-state index contributed by atoms with van der Waals surface area (Å²) in [6.07, 6.45) is 0. The predicted octanol–water partition coefficient (Wildman–Crippen LogP) is 2.50. The van der Waals surface area contributed by atoms with Crippen LogP contribution in [0.3, 0.4) is 0 Å². The summed E-state index contributed by atoms with van der Waals surface area (Å²) in [4.78, 5) is 4.06. The molecule has 1 rings (SSSR count). The summed E-state index contributed by atoms with van der Waals surface area (Å²) in [6, 6.07) is 10.1. The van der Waals surface area contributed by atoms with Crippen LogP contribution in [-0.2, 0) is 0 Å². The van der Waals surface area contributed by atoms with E-state index in [2.05, 4.69) is 39.7 Å². The first-order valence-electron chi connectivity index (χ1n) is 3.02. The van der Waals surface area contributed by atoms with Crippen LogP contribution in [0.2, 0.25) is 0 Å². The first kappa shape index (κ1) is 7.72. The van der Waals surface area contributed by atoms with E-state index < -0.39 is 0 Å². The van der Waals surface area contributed by atoms with E-state index >= 15 is 0 Å². The summed E-state index contributed by atoms with van der Waals surface area (Å²) in [5, 5.41) is 0. The maximum absolute atomic E-state index is 4.06. The van der Waals surface area contributed by atoms with Crippen LogP contribution in [0, 0.1) is 0 Å². The van der Waals surface area contributed by atoms with Crippen molar-refractivity contribution in [3.8, 4) is 0 Å². The van der Waals surface area contributed by atoms with E-state index in [1.165, 1.54) is 5.56 Å². The van der Waals surface area contributed by atoms with Gasteiger partial charge < -0.3 is 0 Å². The smallest absolute Gasteiger partial charge is 0.102 e. The van der Waals surface area contributed by atoms with Gasteiger partial charge in [-0.15, -0.1) is 0 Å². The van der Waals surface area contributed by atoms with Crippen molar-refractivity contribution in [2.24, 2.45) is 4.99 Å². The molecule has 0 aromatic heterocycles. The first-order valence-corrected chi connectivity index (χ1v) is 4.10. The molecule has 1 aromatic rings. The van der Waals surface area contributed by atoms with E-state index in [1.807, 2.05) is 18.2 Å². The van der Waals surface area contributed by atoms with Gasteiger partial charge in [0.05, 0.1) is 0 Å². The molecule has 0 fully saturated rings. The number of hydrogen-bond acceptors (Lipinski definition) is 1. The van der Waals surface area contributed by atoms with E-state index in [1.54, 1.807) is 7.05 Å². The lowest BCUT2D eigenvalue weighted by molar-refractivity contribution is 1.46. The van der Waals surface area contributed by atoms with Crippen molar-refractivity contribution < 1.29 is 0 Å². The second kappa shape index (κ2) is 3.71. The Morgan fingerprint density at radius 2 is 1.90 bits per heavy atom. The molecule has 2 heteroatoms. The van der Waals surface area contributed by atoms with Crippen LogP contribution in [-0.4, -0.2) is 10.8 Å². The van der Waals surface area contributed by atoms with E-state index in [-0.39, 0.29) is 0 Å². The molecule has 0 heterocycles. The third-order valence-corrected chi connectivity index (χ3v) is 2.31. The molecule has 1 nitrogen and oxygen atoms in total. The Bertz CT molecular complexity index is 228. The van der Waals surface area contributed by atoms with Gasteiger partial charge in [0.15, 0.2) is 0 Å². The fourth-order valence-electron chi connectivity index (χ4n) is 0.705. The Morgan fingerprint density at radius 1 is 1.30 bits per heavy atom. The number of aliphatic imine (C=N–C) groups is 1. The average molecular weight is 245 g/mol. The molecule has 0 saturated carbocycles. The van der Waals surface area contributed by atoms with Crippen molar-refractivity contribution in [2.45, 2.75) is 0 Å². The highest BCUT2D eigenvalue weighted by Gasteiger charge is 1.92. The second-order valence-corrected chi connectivity index (χ2v) is 2.90. The summed E-state index contributed by atoms with van der Waals surface area (Å²) >= 11 is 2.22. The quantitative estimate of drug-likeness (QED) is 0.532. The summed E-state index contributed by atoms with van der Waals surface area (Å²) < 4.78 is 1.05. The molecule has 0 aliphatic rings. The molecule has 0 amide bonds. The Labute approximate surface area is 74.3 Å². The van der Waals surface area contributed by atoms with E-state index in [0.29, 0.717) is 0 Å². The molecule has 0 aliphatic heterocycles. The van der Waals surface area contributed by atoms with Crippen LogP contribution in [0.15, 0.2) is 35.3 Å². The zero-order valence-electron chi connectivity index (χ0n) is 5.71. The predicted molar refractivity (Wildman–Crippen MR) is 52.9 cm³/mol. The van der Waals surface area contributed by atoms with Crippen LogP contribution >= 0.6 is 22.6 Å². The van der Waals surface area contributed by atoms with Gasteiger partial charge in [0, 0.05) is 12.6 Å². The van der Waals surface area contributed by atoms with Gasteiger partial charge in [0.25, 0.3) is 0 Å². The van der Waals surface area contributed by atoms with Crippen molar-refractivity contribution in [1.29, 1.82) is 0 Å². The number of rotatable bonds is 1. The van der Waals surface area contributed by atoms with Gasteiger partial charge in [-0.3, -0.25) is 4.99 Å². The lowest BCUT2D eigenvalue weighted by Crippen LogP contribution is -1.87. The minimum absolute atomic E-state index is 1.05. The van der Waals surface area contributed by atoms with Crippen molar-refractivity contribution in [2.75, 3.05) is 7.05 Å². The molecule has 0 saturated heterocycles. The van der Waals surface area contributed by atoms with Gasteiger partial charge in [-0.1, -0.05) is 30.3 Å². The number of hydrogen-bond donors (Lipinski definition) is 0. The largest absolute Gasteiger partial charge is 0.282 e. The third kappa shape index (κ3) is 1.80. The fraction of sp³-hybridized carbons (Fsp3) is 0.125. The number of benzene rings is 1. The van der Waals surface area contributed by atoms with Crippen molar-refractivity contribution in [1.82, 2.24) is 0 Å². The standard InChI is InChI=1S/C8H8IN/c1-10-8(9)7-5-3-2-4-6-7/h2-6H,1H3. The minimum Gasteiger partial charge on any atom is -0.282 e. The van der Waals surface area contributed by atoms with Crippen LogP contribution in [0.5, 0.6) is 0 Å². The molecule has 0 radical (unpaired) electrons. The van der Waals surface area contributed by atoms with E-state index in [0.717, 1.165) is 3.72 Å². The molecular weight excluding hydrogens is 237 g/mol.